The topological polar surface area (TPSA) is 0 Å². The quantitative estimate of drug-likeness (QED) is 0.328. The summed E-state index contributed by atoms with van der Waals surface area (Å²) in [6.45, 7) is 0.307. The Morgan fingerprint density at radius 2 is 0.875 bits per heavy atom. The van der Waals surface area contributed by atoms with Gasteiger partial charge in [0.15, 0.2) is 0 Å². The van der Waals surface area contributed by atoms with Gasteiger partial charge in [-0.3, -0.25) is 0 Å². The summed E-state index contributed by atoms with van der Waals surface area (Å²) in [6.07, 6.45) is 14.6. The molecule has 2 aliphatic rings. The Kier molecular flexibility index (Phi) is 7.45. The summed E-state index contributed by atoms with van der Waals surface area (Å²) in [4.78, 5) is 0. The van der Waals surface area contributed by atoms with Crippen molar-refractivity contribution in [1.82, 2.24) is 0 Å². The molecule has 0 radical (unpaired) electrons. The van der Waals surface area contributed by atoms with E-state index in [1.165, 1.54) is 80.6 Å². The highest BCUT2D eigenvalue weighted by atomic mass is 31.1. The highest BCUT2D eigenvalue weighted by Gasteiger charge is 2.32. The van der Waals surface area contributed by atoms with Crippen LogP contribution in [-0.4, -0.2) is 18.0 Å². The van der Waals surface area contributed by atoms with Gasteiger partial charge in [-0.05, 0) is 42.3 Å². The lowest BCUT2D eigenvalue weighted by atomic mass is 9.37. The lowest BCUT2D eigenvalue weighted by Gasteiger charge is -2.39. The maximum atomic E-state index is 2.53. The predicted molar refractivity (Wildman–Crippen MR) is 144 cm³/mol. The average molecular weight is 438 g/mol. The third-order valence-electron chi connectivity index (χ3n) is 7.73. The molecule has 5 rings (SSSR count). The molecule has 0 nitrogen and oxygen atoms in total. The summed E-state index contributed by atoms with van der Waals surface area (Å²) in [5.41, 5.74) is 6.12. The van der Waals surface area contributed by atoms with E-state index < -0.39 is 0 Å². The molecule has 0 amide bonds. The minimum atomic E-state index is -0.0323. The Balaban J connectivity index is 1.47. The van der Waals surface area contributed by atoms with E-state index in [1.54, 1.807) is 5.30 Å². The standard InChI is InChI=1S/C30H36BP/c1-5-13-25(14-6-1)31(26-15-7-2-8-16-26)27-21-23-30(24-22-27)32(28-17-9-3-10-18-28)29-19-11-4-12-20-29/h1-2,5-8,13-16,21-24,28-29H,3-4,9-12,17-20H2. The number of hydrogen-bond donors (Lipinski definition) is 0. The molecule has 3 aromatic carbocycles. The van der Waals surface area contributed by atoms with Crippen molar-refractivity contribution in [2.75, 3.05) is 0 Å². The SMILES string of the molecule is c1ccc(B(c2ccccc2)c2ccc(P(C3CCCCC3)C3CCCCC3)cc2)cc1. The molecule has 32 heavy (non-hydrogen) atoms. The Morgan fingerprint density at radius 3 is 1.31 bits per heavy atom. The molecule has 3 aromatic rings. The van der Waals surface area contributed by atoms with Gasteiger partial charge in [-0.2, -0.15) is 0 Å². The fourth-order valence-electron chi connectivity index (χ4n) is 6.15. The second kappa shape index (κ2) is 10.8. The fourth-order valence-corrected chi connectivity index (χ4v) is 9.92. The summed E-state index contributed by atoms with van der Waals surface area (Å²) in [7, 11) is -0.0323. The van der Waals surface area contributed by atoms with Crippen LogP contribution in [0.25, 0.3) is 0 Å². The third-order valence-corrected chi connectivity index (χ3v) is 11.2. The van der Waals surface area contributed by atoms with Gasteiger partial charge in [-0.25, -0.2) is 0 Å². The summed E-state index contributed by atoms with van der Waals surface area (Å²) < 4.78 is 0. The lowest BCUT2D eigenvalue weighted by molar-refractivity contribution is 0.487. The van der Waals surface area contributed by atoms with Crippen molar-refractivity contribution >= 4 is 36.3 Å². The molecular weight excluding hydrogens is 402 g/mol. The van der Waals surface area contributed by atoms with E-state index >= 15 is 0 Å². The van der Waals surface area contributed by atoms with Crippen LogP contribution in [0.4, 0.5) is 0 Å². The molecule has 0 atom stereocenters. The molecule has 0 N–H and O–H groups in total. The Labute approximate surface area is 196 Å². The van der Waals surface area contributed by atoms with Crippen molar-refractivity contribution in [2.45, 2.75) is 75.5 Å². The normalized spacial score (nSPS) is 18.0. The summed E-state index contributed by atoms with van der Waals surface area (Å²) in [6, 6.07) is 32.0. The van der Waals surface area contributed by atoms with E-state index in [2.05, 4.69) is 84.9 Å². The van der Waals surface area contributed by atoms with Crippen LogP contribution < -0.4 is 21.7 Å². The Bertz CT molecular complexity index is 884. The molecule has 0 spiro atoms. The molecule has 2 saturated carbocycles. The van der Waals surface area contributed by atoms with E-state index in [1.807, 2.05) is 0 Å². The zero-order valence-electron chi connectivity index (χ0n) is 19.3. The lowest BCUT2D eigenvalue weighted by Crippen LogP contribution is -2.52. The monoisotopic (exact) mass is 438 g/mol. The van der Waals surface area contributed by atoms with Gasteiger partial charge in [-0.15, -0.1) is 0 Å². The summed E-state index contributed by atoms with van der Waals surface area (Å²) >= 11 is 0. The van der Waals surface area contributed by atoms with Gasteiger partial charge in [0.1, 0.15) is 0 Å². The van der Waals surface area contributed by atoms with Crippen LogP contribution >= 0.6 is 7.92 Å². The van der Waals surface area contributed by atoms with Crippen LogP contribution in [0.2, 0.25) is 0 Å². The zero-order chi connectivity index (χ0) is 21.6. The molecular formula is C30H36BP. The Hall–Kier alpha value is -1.85. The molecule has 0 heterocycles. The van der Waals surface area contributed by atoms with Crippen LogP contribution in [-0.2, 0) is 0 Å². The highest BCUT2D eigenvalue weighted by Crippen LogP contribution is 2.54. The second-order valence-electron chi connectivity index (χ2n) is 9.84. The van der Waals surface area contributed by atoms with Gasteiger partial charge in [0.25, 0.3) is 0 Å². The van der Waals surface area contributed by atoms with E-state index in [-0.39, 0.29) is 7.92 Å². The number of hydrogen-bond acceptors (Lipinski definition) is 0. The van der Waals surface area contributed by atoms with Crippen molar-refractivity contribution in [3.05, 3.63) is 84.9 Å². The molecule has 0 unspecified atom stereocenters. The van der Waals surface area contributed by atoms with Crippen LogP contribution in [0.5, 0.6) is 0 Å². The molecule has 0 aromatic heterocycles. The van der Waals surface area contributed by atoms with E-state index in [9.17, 15) is 0 Å². The second-order valence-corrected chi connectivity index (χ2v) is 12.6. The predicted octanol–water partition coefficient (Wildman–Crippen LogP) is 5.98. The Morgan fingerprint density at radius 1 is 0.469 bits per heavy atom. The van der Waals surface area contributed by atoms with Crippen LogP contribution in [0, 0.1) is 0 Å². The van der Waals surface area contributed by atoms with Crippen molar-refractivity contribution in [2.24, 2.45) is 0 Å². The molecule has 0 bridgehead atoms. The molecule has 2 fully saturated rings. The van der Waals surface area contributed by atoms with Gasteiger partial charge in [0.05, 0.1) is 0 Å². The van der Waals surface area contributed by atoms with Gasteiger partial charge >= 0.3 is 0 Å². The minimum Gasteiger partial charge on any atom is -0.0690 e. The highest BCUT2D eigenvalue weighted by molar-refractivity contribution is 7.67. The average Bonchev–Trinajstić information content (AvgIpc) is 2.88. The van der Waals surface area contributed by atoms with Crippen molar-refractivity contribution in [3.63, 3.8) is 0 Å². The van der Waals surface area contributed by atoms with Crippen molar-refractivity contribution in [3.8, 4) is 0 Å². The van der Waals surface area contributed by atoms with Gasteiger partial charge in [0.2, 0.25) is 6.71 Å². The molecule has 2 aliphatic carbocycles. The largest absolute Gasteiger partial charge is 0.241 e. The van der Waals surface area contributed by atoms with Gasteiger partial charge in [0, 0.05) is 0 Å². The van der Waals surface area contributed by atoms with E-state index in [0.717, 1.165) is 11.3 Å². The first-order valence-corrected chi connectivity index (χ1v) is 14.4. The van der Waals surface area contributed by atoms with Crippen LogP contribution in [0.15, 0.2) is 84.9 Å². The number of rotatable bonds is 6. The molecule has 2 heteroatoms. The van der Waals surface area contributed by atoms with Gasteiger partial charge < -0.3 is 0 Å². The number of benzene rings is 3. The smallest absolute Gasteiger partial charge is 0.0690 e. The summed E-state index contributed by atoms with van der Waals surface area (Å²) in [5, 5.41) is 1.68. The van der Waals surface area contributed by atoms with Crippen LogP contribution in [0.3, 0.4) is 0 Å². The third kappa shape index (κ3) is 5.04. The molecule has 0 aliphatic heterocycles. The first-order valence-electron chi connectivity index (χ1n) is 12.9. The van der Waals surface area contributed by atoms with E-state index in [0.29, 0.717) is 6.71 Å². The zero-order valence-corrected chi connectivity index (χ0v) is 20.2. The van der Waals surface area contributed by atoms with Crippen molar-refractivity contribution in [1.29, 1.82) is 0 Å². The first-order chi connectivity index (χ1) is 15.9. The van der Waals surface area contributed by atoms with Crippen LogP contribution in [0.1, 0.15) is 64.2 Å². The maximum absolute atomic E-state index is 2.53. The van der Waals surface area contributed by atoms with E-state index in [4.69, 9.17) is 0 Å². The molecule has 0 saturated heterocycles. The minimum absolute atomic E-state index is 0.0323. The molecule has 164 valence electrons. The summed E-state index contributed by atoms with van der Waals surface area (Å²) in [5.74, 6) is 0. The fraction of sp³-hybridized carbons (Fsp3) is 0.400. The van der Waals surface area contributed by atoms with Gasteiger partial charge in [-0.1, -0.05) is 148 Å². The first kappa shape index (κ1) is 22.0. The van der Waals surface area contributed by atoms with Crippen molar-refractivity contribution < 1.29 is 0 Å². The maximum Gasteiger partial charge on any atom is 0.241 e.